The Morgan fingerprint density at radius 3 is 2.97 bits per heavy atom. The zero-order valence-electron chi connectivity index (χ0n) is 17.8. The zero-order chi connectivity index (χ0) is 22.3. The lowest BCUT2D eigenvalue weighted by atomic mass is 9.92. The number of amides is 1. The van der Waals surface area contributed by atoms with Gasteiger partial charge in [-0.1, -0.05) is 0 Å². The van der Waals surface area contributed by atoms with Gasteiger partial charge in [-0.05, 0) is 37.5 Å². The smallest absolute Gasteiger partial charge is 0.261 e. The minimum atomic E-state index is -0.965. The van der Waals surface area contributed by atoms with Crippen molar-refractivity contribution in [1.82, 2.24) is 14.6 Å². The minimum Gasteiger partial charge on any atom is -0.490 e. The number of nitriles is 1. The van der Waals surface area contributed by atoms with Gasteiger partial charge < -0.3 is 20.1 Å². The summed E-state index contributed by atoms with van der Waals surface area (Å²) in [5, 5.41) is 26.9. The largest absolute Gasteiger partial charge is 0.490 e. The maximum atomic E-state index is 13.2. The summed E-state index contributed by atoms with van der Waals surface area (Å²) in [5.41, 5.74) is 2.21. The SMILES string of the molecule is CC1(O)COc2cc(N3CCC(C#N)CC3)c(NC(=O)c3cnn4cccnc34)cc2C1. The highest BCUT2D eigenvalue weighted by molar-refractivity contribution is 6.09. The molecule has 2 aliphatic rings. The van der Waals surface area contributed by atoms with Crippen LogP contribution in [0, 0.1) is 17.2 Å². The molecule has 4 heterocycles. The number of nitrogens with zero attached hydrogens (tertiary/aromatic N) is 5. The molecule has 9 heteroatoms. The van der Waals surface area contributed by atoms with Crippen LogP contribution < -0.4 is 15.0 Å². The molecule has 0 aliphatic carbocycles. The van der Waals surface area contributed by atoms with Crippen LogP contribution in [0.3, 0.4) is 0 Å². The van der Waals surface area contributed by atoms with E-state index in [0.717, 1.165) is 37.2 Å². The van der Waals surface area contributed by atoms with Gasteiger partial charge in [0.1, 0.15) is 17.9 Å². The van der Waals surface area contributed by atoms with Crippen LogP contribution in [0.5, 0.6) is 5.75 Å². The van der Waals surface area contributed by atoms with Crippen LogP contribution >= 0.6 is 0 Å². The molecule has 0 radical (unpaired) electrons. The average molecular weight is 432 g/mol. The molecule has 5 rings (SSSR count). The molecule has 1 fully saturated rings. The Hall–Kier alpha value is -3.64. The maximum absolute atomic E-state index is 13.2. The van der Waals surface area contributed by atoms with E-state index in [1.807, 2.05) is 12.1 Å². The first-order valence-corrected chi connectivity index (χ1v) is 10.7. The molecule has 3 aromatic rings. The molecule has 164 valence electrons. The van der Waals surface area contributed by atoms with Gasteiger partial charge in [-0.3, -0.25) is 4.79 Å². The van der Waals surface area contributed by atoms with Crippen molar-refractivity contribution in [2.75, 3.05) is 29.9 Å². The number of hydrogen-bond acceptors (Lipinski definition) is 7. The van der Waals surface area contributed by atoms with E-state index in [2.05, 4.69) is 26.4 Å². The van der Waals surface area contributed by atoms with Crippen LogP contribution in [0.4, 0.5) is 11.4 Å². The van der Waals surface area contributed by atoms with Crippen molar-refractivity contribution in [3.8, 4) is 11.8 Å². The summed E-state index contributed by atoms with van der Waals surface area (Å²) in [5.74, 6) is 0.456. The van der Waals surface area contributed by atoms with Gasteiger partial charge in [-0.25, -0.2) is 9.50 Å². The van der Waals surface area contributed by atoms with E-state index in [4.69, 9.17) is 4.74 Å². The van der Waals surface area contributed by atoms with E-state index in [1.165, 1.54) is 6.20 Å². The summed E-state index contributed by atoms with van der Waals surface area (Å²) in [6.07, 6.45) is 6.84. The predicted molar refractivity (Wildman–Crippen MR) is 118 cm³/mol. The van der Waals surface area contributed by atoms with Gasteiger partial charge in [0.05, 0.1) is 29.2 Å². The number of fused-ring (bicyclic) bond motifs is 2. The number of carbonyl (C=O) groups excluding carboxylic acids is 1. The lowest BCUT2D eigenvalue weighted by Gasteiger charge is -2.35. The molecule has 2 aliphatic heterocycles. The molecular formula is C23H24N6O3. The van der Waals surface area contributed by atoms with Gasteiger partial charge >= 0.3 is 0 Å². The van der Waals surface area contributed by atoms with E-state index < -0.39 is 5.60 Å². The number of anilines is 2. The minimum absolute atomic E-state index is 0.0538. The fourth-order valence-electron chi connectivity index (χ4n) is 4.37. The number of ether oxygens (including phenoxy) is 1. The van der Waals surface area contributed by atoms with Crippen molar-refractivity contribution in [3.63, 3.8) is 0 Å². The lowest BCUT2D eigenvalue weighted by molar-refractivity contribution is -0.000561. The fraction of sp³-hybridized carbons (Fsp3) is 0.391. The highest BCUT2D eigenvalue weighted by Crippen LogP contribution is 2.39. The van der Waals surface area contributed by atoms with Gasteiger partial charge in [-0.15, -0.1) is 0 Å². The topological polar surface area (TPSA) is 116 Å². The summed E-state index contributed by atoms with van der Waals surface area (Å²) in [6.45, 7) is 3.39. The van der Waals surface area contributed by atoms with Gasteiger partial charge in [0.15, 0.2) is 5.65 Å². The molecule has 0 saturated carbocycles. The summed E-state index contributed by atoms with van der Waals surface area (Å²) < 4.78 is 7.39. The number of hydrogen-bond donors (Lipinski definition) is 2. The normalized spacial score (nSPS) is 21.0. The quantitative estimate of drug-likeness (QED) is 0.653. The number of piperidine rings is 1. The molecule has 0 bridgehead atoms. The molecular weight excluding hydrogens is 408 g/mol. The molecule has 2 N–H and O–H groups in total. The van der Waals surface area contributed by atoms with Crippen LogP contribution in [0.2, 0.25) is 0 Å². The van der Waals surface area contributed by atoms with E-state index in [9.17, 15) is 15.2 Å². The number of nitrogens with one attached hydrogen (secondary N) is 1. The molecule has 0 spiro atoms. The van der Waals surface area contributed by atoms with Crippen molar-refractivity contribution >= 4 is 22.9 Å². The summed E-state index contributed by atoms with van der Waals surface area (Å²) in [6, 6.07) is 7.91. The van der Waals surface area contributed by atoms with E-state index in [1.54, 1.807) is 29.9 Å². The highest BCUT2D eigenvalue weighted by atomic mass is 16.5. The van der Waals surface area contributed by atoms with Gasteiger partial charge in [0.2, 0.25) is 0 Å². The van der Waals surface area contributed by atoms with Crippen molar-refractivity contribution in [2.24, 2.45) is 5.92 Å². The lowest BCUT2D eigenvalue weighted by Crippen LogP contribution is -2.39. The predicted octanol–water partition coefficient (Wildman–Crippen LogP) is 2.41. The Morgan fingerprint density at radius 2 is 2.19 bits per heavy atom. The first-order valence-electron chi connectivity index (χ1n) is 10.7. The molecule has 1 atom stereocenters. The monoisotopic (exact) mass is 432 g/mol. The zero-order valence-corrected chi connectivity index (χ0v) is 17.8. The third-order valence-electron chi connectivity index (χ3n) is 6.08. The van der Waals surface area contributed by atoms with E-state index in [-0.39, 0.29) is 18.4 Å². The maximum Gasteiger partial charge on any atom is 0.261 e. The van der Waals surface area contributed by atoms with Crippen molar-refractivity contribution in [1.29, 1.82) is 5.26 Å². The van der Waals surface area contributed by atoms with Crippen LogP contribution in [-0.2, 0) is 6.42 Å². The number of rotatable bonds is 3. The van der Waals surface area contributed by atoms with Gasteiger partial charge in [-0.2, -0.15) is 10.4 Å². The summed E-state index contributed by atoms with van der Waals surface area (Å²) >= 11 is 0. The molecule has 1 amide bonds. The third kappa shape index (κ3) is 3.74. The molecule has 2 aromatic heterocycles. The molecule has 1 unspecified atom stereocenters. The van der Waals surface area contributed by atoms with Crippen molar-refractivity contribution < 1.29 is 14.6 Å². The molecule has 32 heavy (non-hydrogen) atoms. The molecule has 9 nitrogen and oxygen atoms in total. The fourth-order valence-corrected chi connectivity index (χ4v) is 4.37. The Labute approximate surface area is 185 Å². The van der Waals surface area contributed by atoms with E-state index >= 15 is 0 Å². The second-order valence-corrected chi connectivity index (χ2v) is 8.73. The number of aliphatic hydroxyl groups is 1. The number of aromatic nitrogens is 3. The Balaban J connectivity index is 1.50. The molecule has 1 aromatic carbocycles. The summed E-state index contributed by atoms with van der Waals surface area (Å²) in [7, 11) is 0. The first kappa shape index (κ1) is 20.3. The van der Waals surface area contributed by atoms with Gasteiger partial charge in [0, 0.05) is 43.9 Å². The first-order chi connectivity index (χ1) is 15.4. The van der Waals surface area contributed by atoms with Crippen LogP contribution in [-0.4, -0.2) is 50.9 Å². The standard InChI is InChI=1S/C23H24N6O3/c1-23(31)11-16-9-18(27-22(30)17-13-26-29-6-2-5-25-21(17)29)19(10-20(16)32-14-23)28-7-3-15(12-24)4-8-28/h2,5-6,9-10,13,15,31H,3-4,7-8,11,14H2,1H3,(H,27,30). The number of carbonyl (C=O) groups is 1. The Bertz CT molecular complexity index is 1220. The second kappa shape index (κ2) is 7.80. The summed E-state index contributed by atoms with van der Waals surface area (Å²) in [4.78, 5) is 19.6. The van der Waals surface area contributed by atoms with Crippen LogP contribution in [0.25, 0.3) is 5.65 Å². The van der Waals surface area contributed by atoms with Gasteiger partial charge in [0.25, 0.3) is 5.91 Å². The molecule has 1 saturated heterocycles. The Morgan fingerprint density at radius 1 is 1.38 bits per heavy atom. The van der Waals surface area contributed by atoms with E-state index in [0.29, 0.717) is 29.1 Å². The van der Waals surface area contributed by atoms with Crippen LogP contribution in [0.15, 0.2) is 36.8 Å². The van der Waals surface area contributed by atoms with Crippen molar-refractivity contribution in [3.05, 3.63) is 47.9 Å². The van der Waals surface area contributed by atoms with Crippen LogP contribution in [0.1, 0.15) is 35.7 Å². The average Bonchev–Trinajstić information content (AvgIpc) is 3.22. The second-order valence-electron chi connectivity index (χ2n) is 8.73. The van der Waals surface area contributed by atoms with Crippen molar-refractivity contribution in [2.45, 2.75) is 31.8 Å². The number of benzene rings is 1. The third-order valence-corrected chi connectivity index (χ3v) is 6.08. The Kier molecular flexibility index (Phi) is 4.94. The highest BCUT2D eigenvalue weighted by Gasteiger charge is 2.31.